The summed E-state index contributed by atoms with van der Waals surface area (Å²) in [6.07, 6.45) is 0. The van der Waals surface area contributed by atoms with Gasteiger partial charge in [-0.15, -0.1) is 0 Å². The molecule has 0 spiro atoms. The zero-order valence-electron chi connectivity index (χ0n) is 15.3. The molecule has 0 bridgehead atoms. The Morgan fingerprint density at radius 3 is 2.54 bits per heavy atom. The van der Waals surface area contributed by atoms with Crippen LogP contribution in [0, 0.1) is 17.0 Å². The molecule has 8 nitrogen and oxygen atoms in total. The van der Waals surface area contributed by atoms with E-state index in [1.54, 1.807) is 31.2 Å². The van der Waals surface area contributed by atoms with Gasteiger partial charge in [0.15, 0.2) is 0 Å². The number of hydrogen-bond acceptors (Lipinski definition) is 7. The number of hydrogen-bond donors (Lipinski definition) is 0. The van der Waals surface area contributed by atoms with Gasteiger partial charge in [0.25, 0.3) is 5.69 Å². The van der Waals surface area contributed by atoms with Gasteiger partial charge in [0.1, 0.15) is 17.8 Å². The molecule has 3 rings (SSSR count). The molecule has 2 aromatic carbocycles. The maximum Gasteiger partial charge on any atom is 0.374 e. The molecule has 28 heavy (non-hydrogen) atoms. The van der Waals surface area contributed by atoms with Crippen LogP contribution in [-0.2, 0) is 16.1 Å². The highest BCUT2D eigenvalue weighted by atomic mass is 16.6. The van der Waals surface area contributed by atoms with Gasteiger partial charge >= 0.3 is 11.9 Å². The minimum Gasteiger partial charge on any atom is -0.460 e. The van der Waals surface area contributed by atoms with E-state index in [0.29, 0.717) is 22.1 Å². The van der Waals surface area contributed by atoms with Gasteiger partial charge in [0.2, 0.25) is 5.76 Å². The highest BCUT2D eigenvalue weighted by Gasteiger charge is 2.26. The number of para-hydroxylation sites is 2. The topological polar surface area (TPSA) is 109 Å². The van der Waals surface area contributed by atoms with Gasteiger partial charge in [-0.1, -0.05) is 30.3 Å². The number of ether oxygens (including phenoxy) is 2. The van der Waals surface area contributed by atoms with Crippen LogP contribution in [0.4, 0.5) is 5.69 Å². The number of carbonyl (C=O) groups is 2. The van der Waals surface area contributed by atoms with Crippen LogP contribution in [-0.4, -0.2) is 23.5 Å². The second kappa shape index (κ2) is 7.91. The minimum atomic E-state index is -0.865. The number of benzene rings is 2. The average Bonchev–Trinajstić information content (AvgIpc) is 3.04. The second-order valence-corrected chi connectivity index (χ2v) is 5.93. The van der Waals surface area contributed by atoms with Gasteiger partial charge in [-0.25, -0.2) is 9.59 Å². The van der Waals surface area contributed by atoms with Crippen molar-refractivity contribution in [2.45, 2.75) is 20.5 Å². The van der Waals surface area contributed by atoms with Crippen LogP contribution in [0.1, 0.15) is 39.0 Å². The van der Waals surface area contributed by atoms with Crippen LogP contribution in [0.5, 0.6) is 0 Å². The number of rotatable bonds is 6. The Balaban J connectivity index is 1.93. The number of nitro groups is 1. The van der Waals surface area contributed by atoms with E-state index in [9.17, 15) is 19.7 Å². The van der Waals surface area contributed by atoms with Crippen LogP contribution in [0.3, 0.4) is 0 Å². The summed E-state index contributed by atoms with van der Waals surface area (Å²) in [7, 11) is 0. The van der Waals surface area contributed by atoms with Crippen molar-refractivity contribution in [3.63, 3.8) is 0 Å². The smallest absolute Gasteiger partial charge is 0.374 e. The van der Waals surface area contributed by atoms with Gasteiger partial charge in [-0.3, -0.25) is 10.1 Å². The first kappa shape index (κ1) is 19.1. The SMILES string of the molecule is CCOC(=O)c1oc2ccccc2c1COC(=O)c1cccc(C)c1[N+](=O)[O-]. The van der Waals surface area contributed by atoms with Crippen molar-refractivity contribution in [1.82, 2.24) is 0 Å². The maximum absolute atomic E-state index is 12.5. The molecular weight excluding hydrogens is 366 g/mol. The summed E-state index contributed by atoms with van der Waals surface area (Å²) in [4.78, 5) is 35.3. The molecule has 0 unspecified atom stereocenters. The lowest BCUT2D eigenvalue weighted by Crippen LogP contribution is -2.11. The lowest BCUT2D eigenvalue weighted by molar-refractivity contribution is -0.385. The van der Waals surface area contributed by atoms with Crippen molar-refractivity contribution in [3.8, 4) is 0 Å². The average molecular weight is 383 g/mol. The van der Waals surface area contributed by atoms with Crippen LogP contribution in [0.15, 0.2) is 46.9 Å². The largest absolute Gasteiger partial charge is 0.460 e. The van der Waals surface area contributed by atoms with Gasteiger partial charge in [-0.05, 0) is 26.0 Å². The lowest BCUT2D eigenvalue weighted by Gasteiger charge is -2.07. The Labute approximate surface area is 159 Å². The third-order valence-corrected chi connectivity index (χ3v) is 4.15. The number of aryl methyl sites for hydroxylation is 1. The predicted molar refractivity (Wildman–Crippen MR) is 99.1 cm³/mol. The van der Waals surface area contributed by atoms with E-state index in [4.69, 9.17) is 13.9 Å². The molecule has 1 aromatic heterocycles. The highest BCUT2D eigenvalue weighted by Crippen LogP contribution is 2.29. The van der Waals surface area contributed by atoms with Gasteiger partial charge in [-0.2, -0.15) is 0 Å². The summed E-state index contributed by atoms with van der Waals surface area (Å²) in [5.74, 6) is -1.60. The van der Waals surface area contributed by atoms with Crippen molar-refractivity contribution in [1.29, 1.82) is 0 Å². The van der Waals surface area contributed by atoms with Crippen LogP contribution in [0.2, 0.25) is 0 Å². The van der Waals surface area contributed by atoms with Crippen LogP contribution >= 0.6 is 0 Å². The fourth-order valence-corrected chi connectivity index (χ4v) is 2.89. The molecule has 3 aromatic rings. The quantitative estimate of drug-likeness (QED) is 0.357. The van der Waals surface area contributed by atoms with E-state index in [1.165, 1.54) is 25.1 Å². The van der Waals surface area contributed by atoms with Gasteiger partial charge in [0, 0.05) is 10.9 Å². The van der Waals surface area contributed by atoms with E-state index in [-0.39, 0.29) is 30.2 Å². The molecule has 0 radical (unpaired) electrons. The van der Waals surface area contributed by atoms with Crippen LogP contribution in [0.25, 0.3) is 11.0 Å². The molecule has 0 atom stereocenters. The third-order valence-electron chi connectivity index (χ3n) is 4.15. The summed E-state index contributed by atoms with van der Waals surface area (Å²) in [5, 5.41) is 11.9. The molecule has 0 fully saturated rings. The molecule has 0 aliphatic heterocycles. The molecule has 1 heterocycles. The summed E-state index contributed by atoms with van der Waals surface area (Å²) in [6, 6.07) is 11.3. The Bertz CT molecular complexity index is 1070. The molecule has 0 aliphatic carbocycles. The summed E-state index contributed by atoms with van der Waals surface area (Å²) in [5.41, 5.74) is 0.668. The highest BCUT2D eigenvalue weighted by molar-refractivity contribution is 5.97. The van der Waals surface area contributed by atoms with Crippen LogP contribution < -0.4 is 0 Å². The molecule has 0 saturated carbocycles. The molecule has 0 saturated heterocycles. The maximum atomic E-state index is 12.5. The number of esters is 2. The Morgan fingerprint density at radius 2 is 1.82 bits per heavy atom. The van der Waals surface area contributed by atoms with Crippen molar-refractivity contribution >= 4 is 28.6 Å². The monoisotopic (exact) mass is 383 g/mol. The zero-order chi connectivity index (χ0) is 20.3. The normalized spacial score (nSPS) is 10.6. The minimum absolute atomic E-state index is 0.0606. The molecule has 0 N–H and O–H groups in total. The van der Waals surface area contributed by atoms with Gasteiger partial charge < -0.3 is 13.9 Å². The molecule has 8 heteroatoms. The first-order valence-electron chi connectivity index (χ1n) is 8.52. The standard InChI is InChI=1S/C20H17NO7/c1-3-26-20(23)18-15(13-8-4-5-10-16(13)28-18)11-27-19(22)14-9-6-7-12(2)17(14)21(24)25/h4-10H,3,11H2,1-2H3. The van der Waals surface area contributed by atoms with Gasteiger partial charge in [0.05, 0.1) is 17.1 Å². The summed E-state index contributed by atoms with van der Waals surface area (Å²) < 4.78 is 15.8. The fraction of sp³-hybridized carbons (Fsp3) is 0.200. The number of carbonyl (C=O) groups excluding carboxylic acids is 2. The van der Waals surface area contributed by atoms with Crippen molar-refractivity contribution in [2.75, 3.05) is 6.61 Å². The number of fused-ring (bicyclic) bond motifs is 1. The summed E-state index contributed by atoms with van der Waals surface area (Å²) in [6.45, 7) is 3.06. The first-order valence-corrected chi connectivity index (χ1v) is 8.52. The summed E-state index contributed by atoms with van der Waals surface area (Å²) >= 11 is 0. The lowest BCUT2D eigenvalue weighted by atomic mass is 10.1. The molecular formula is C20H17NO7. The fourth-order valence-electron chi connectivity index (χ4n) is 2.89. The van der Waals surface area contributed by atoms with Crippen molar-refractivity contribution in [2.24, 2.45) is 0 Å². The van der Waals surface area contributed by atoms with E-state index >= 15 is 0 Å². The molecule has 144 valence electrons. The number of nitro benzene ring substituents is 1. The zero-order valence-corrected chi connectivity index (χ0v) is 15.3. The van der Waals surface area contributed by atoms with Crippen molar-refractivity contribution < 1.29 is 28.4 Å². The number of nitrogens with zero attached hydrogens (tertiary/aromatic N) is 1. The predicted octanol–water partition coefficient (Wildman–Crippen LogP) is 4.18. The molecule has 0 amide bonds. The Hall–Kier alpha value is -3.68. The molecule has 0 aliphatic rings. The third kappa shape index (κ3) is 3.57. The van der Waals surface area contributed by atoms with E-state index < -0.39 is 16.9 Å². The van der Waals surface area contributed by atoms with E-state index in [1.807, 2.05) is 0 Å². The number of furan rings is 1. The second-order valence-electron chi connectivity index (χ2n) is 5.93. The Kier molecular flexibility index (Phi) is 5.39. The Morgan fingerprint density at radius 1 is 1.07 bits per heavy atom. The van der Waals surface area contributed by atoms with Crippen molar-refractivity contribution in [3.05, 3.63) is 75.0 Å². The van der Waals surface area contributed by atoms with E-state index in [0.717, 1.165) is 0 Å². The first-order chi connectivity index (χ1) is 13.4. The van der Waals surface area contributed by atoms with E-state index in [2.05, 4.69) is 0 Å².